The molecule has 0 saturated carbocycles. The summed E-state index contributed by atoms with van der Waals surface area (Å²) in [6, 6.07) is 16.4. The van der Waals surface area contributed by atoms with Crippen LogP contribution in [0.25, 0.3) is 0 Å². The smallest absolute Gasteiger partial charge is 0.225 e. The van der Waals surface area contributed by atoms with Crippen molar-refractivity contribution in [3.8, 4) is 0 Å². The molecule has 2 aromatic carbocycles. The highest BCUT2D eigenvalue weighted by Crippen LogP contribution is 2.22. The minimum atomic E-state index is 0.0410. The monoisotopic (exact) mass is 339 g/mol. The van der Waals surface area contributed by atoms with Crippen molar-refractivity contribution < 1.29 is 4.79 Å². The topological polar surface area (TPSA) is 44.4 Å². The summed E-state index contributed by atoms with van der Waals surface area (Å²) in [6.45, 7) is 9.75. The van der Waals surface area contributed by atoms with Crippen molar-refractivity contribution in [2.24, 2.45) is 0 Å². The van der Waals surface area contributed by atoms with E-state index >= 15 is 0 Å². The van der Waals surface area contributed by atoms with Gasteiger partial charge in [0.25, 0.3) is 0 Å². The number of hydrogen-bond donors (Lipinski definition) is 2. The second kappa shape index (κ2) is 9.84. The van der Waals surface area contributed by atoms with E-state index in [1.54, 1.807) is 0 Å². The number of anilines is 2. The van der Waals surface area contributed by atoms with Crippen molar-refractivity contribution in [2.45, 2.75) is 33.7 Å². The van der Waals surface area contributed by atoms with E-state index < -0.39 is 0 Å². The second-order valence-electron chi connectivity index (χ2n) is 6.13. The molecule has 2 N–H and O–H groups in total. The summed E-state index contributed by atoms with van der Waals surface area (Å²) in [5, 5.41) is 6.32. The van der Waals surface area contributed by atoms with Crippen LogP contribution in [0.4, 0.5) is 11.4 Å². The number of rotatable bonds is 9. The van der Waals surface area contributed by atoms with E-state index in [1.807, 2.05) is 31.2 Å². The van der Waals surface area contributed by atoms with E-state index in [2.05, 4.69) is 53.6 Å². The summed E-state index contributed by atoms with van der Waals surface area (Å²) in [5.41, 5.74) is 4.41. The Morgan fingerprint density at radius 2 is 1.76 bits per heavy atom. The SMILES string of the molecule is CCN(CC)c1ccc(NC(=O)CCNCc2ccccc2)c(C)c1. The predicted molar refractivity (Wildman–Crippen MR) is 106 cm³/mol. The van der Waals surface area contributed by atoms with E-state index in [4.69, 9.17) is 0 Å². The highest BCUT2D eigenvalue weighted by atomic mass is 16.1. The van der Waals surface area contributed by atoms with Crippen molar-refractivity contribution in [3.05, 3.63) is 59.7 Å². The zero-order chi connectivity index (χ0) is 18.1. The Hall–Kier alpha value is -2.33. The molecule has 134 valence electrons. The maximum absolute atomic E-state index is 12.1. The van der Waals surface area contributed by atoms with Gasteiger partial charge in [0.05, 0.1) is 0 Å². The van der Waals surface area contributed by atoms with Gasteiger partial charge in [0.15, 0.2) is 0 Å². The van der Waals surface area contributed by atoms with Crippen LogP contribution in [-0.2, 0) is 11.3 Å². The quantitative estimate of drug-likeness (QED) is 0.680. The zero-order valence-corrected chi connectivity index (χ0v) is 15.5. The summed E-state index contributed by atoms with van der Waals surface area (Å²) in [4.78, 5) is 14.4. The second-order valence-corrected chi connectivity index (χ2v) is 6.13. The summed E-state index contributed by atoms with van der Waals surface area (Å²) in [6.07, 6.45) is 0.462. The Morgan fingerprint density at radius 1 is 1.04 bits per heavy atom. The fourth-order valence-electron chi connectivity index (χ4n) is 2.82. The van der Waals surface area contributed by atoms with Gasteiger partial charge >= 0.3 is 0 Å². The van der Waals surface area contributed by atoms with E-state index in [9.17, 15) is 4.79 Å². The zero-order valence-electron chi connectivity index (χ0n) is 15.5. The first-order valence-electron chi connectivity index (χ1n) is 9.04. The number of nitrogens with one attached hydrogen (secondary N) is 2. The van der Waals surface area contributed by atoms with Crippen LogP contribution in [0.1, 0.15) is 31.4 Å². The third kappa shape index (κ3) is 5.91. The summed E-state index contributed by atoms with van der Waals surface area (Å²) >= 11 is 0. The summed E-state index contributed by atoms with van der Waals surface area (Å²) < 4.78 is 0. The van der Waals surface area contributed by atoms with Crippen LogP contribution in [0.5, 0.6) is 0 Å². The minimum Gasteiger partial charge on any atom is -0.372 e. The van der Waals surface area contributed by atoms with Gasteiger partial charge in [-0.15, -0.1) is 0 Å². The molecule has 0 heterocycles. The molecule has 0 spiro atoms. The Kier molecular flexibility index (Phi) is 7.48. The fourth-order valence-corrected chi connectivity index (χ4v) is 2.82. The number of benzene rings is 2. The lowest BCUT2D eigenvalue weighted by Gasteiger charge is -2.22. The van der Waals surface area contributed by atoms with Crippen LogP contribution < -0.4 is 15.5 Å². The molecular weight excluding hydrogens is 310 g/mol. The minimum absolute atomic E-state index is 0.0410. The first-order chi connectivity index (χ1) is 12.1. The molecule has 0 radical (unpaired) electrons. The van der Waals surface area contributed by atoms with Crippen molar-refractivity contribution in [2.75, 3.05) is 29.9 Å². The number of carbonyl (C=O) groups is 1. The van der Waals surface area contributed by atoms with Gasteiger partial charge in [-0.1, -0.05) is 30.3 Å². The average Bonchev–Trinajstić information content (AvgIpc) is 2.63. The van der Waals surface area contributed by atoms with Crippen LogP contribution in [0.15, 0.2) is 48.5 Å². The van der Waals surface area contributed by atoms with Crippen molar-refractivity contribution >= 4 is 17.3 Å². The van der Waals surface area contributed by atoms with E-state index in [-0.39, 0.29) is 5.91 Å². The lowest BCUT2D eigenvalue weighted by molar-refractivity contribution is -0.116. The van der Waals surface area contributed by atoms with Gasteiger partial charge in [0, 0.05) is 44.0 Å². The normalized spacial score (nSPS) is 10.5. The van der Waals surface area contributed by atoms with Gasteiger partial charge in [0.1, 0.15) is 0 Å². The van der Waals surface area contributed by atoms with Crippen molar-refractivity contribution in [3.63, 3.8) is 0 Å². The lowest BCUT2D eigenvalue weighted by atomic mass is 10.1. The van der Waals surface area contributed by atoms with Crippen molar-refractivity contribution in [1.29, 1.82) is 0 Å². The maximum atomic E-state index is 12.1. The highest BCUT2D eigenvalue weighted by Gasteiger charge is 2.07. The molecule has 1 amide bonds. The number of carbonyl (C=O) groups excluding carboxylic acids is 1. The summed E-state index contributed by atoms with van der Waals surface area (Å²) in [5.74, 6) is 0.0410. The summed E-state index contributed by atoms with van der Waals surface area (Å²) in [7, 11) is 0. The Morgan fingerprint density at radius 3 is 2.40 bits per heavy atom. The molecule has 0 aliphatic rings. The van der Waals surface area contributed by atoms with Gasteiger partial charge in [-0.3, -0.25) is 4.79 Å². The molecule has 0 bridgehead atoms. The first kappa shape index (κ1) is 19.0. The van der Waals surface area contributed by atoms with Crippen molar-refractivity contribution in [1.82, 2.24) is 5.32 Å². The van der Waals surface area contributed by atoms with Gasteiger partial charge in [-0.2, -0.15) is 0 Å². The van der Waals surface area contributed by atoms with Crippen LogP contribution in [0.2, 0.25) is 0 Å². The Labute approximate surface area is 151 Å². The molecule has 0 unspecified atom stereocenters. The maximum Gasteiger partial charge on any atom is 0.225 e. The third-order valence-electron chi connectivity index (χ3n) is 4.31. The molecule has 0 aliphatic heterocycles. The van der Waals surface area contributed by atoms with E-state index in [1.165, 1.54) is 11.3 Å². The molecule has 4 nitrogen and oxygen atoms in total. The number of aryl methyl sites for hydroxylation is 1. The van der Waals surface area contributed by atoms with Crippen LogP contribution >= 0.6 is 0 Å². The lowest BCUT2D eigenvalue weighted by Crippen LogP contribution is -2.23. The predicted octanol–water partition coefficient (Wildman–Crippen LogP) is 3.96. The number of amides is 1. The van der Waals surface area contributed by atoms with Crippen LogP contribution in [-0.4, -0.2) is 25.5 Å². The molecule has 2 aromatic rings. The highest BCUT2D eigenvalue weighted by molar-refractivity contribution is 5.91. The molecule has 2 rings (SSSR count). The van der Waals surface area contributed by atoms with Gasteiger partial charge in [-0.05, 0) is 50.1 Å². The van der Waals surface area contributed by atoms with Crippen LogP contribution in [0, 0.1) is 6.92 Å². The molecule has 25 heavy (non-hydrogen) atoms. The molecule has 0 saturated heterocycles. The molecule has 0 aromatic heterocycles. The average molecular weight is 339 g/mol. The van der Waals surface area contributed by atoms with Gasteiger partial charge in [-0.25, -0.2) is 0 Å². The molecule has 0 atom stereocenters. The van der Waals surface area contributed by atoms with E-state index in [0.717, 1.165) is 30.9 Å². The van der Waals surface area contributed by atoms with Crippen LogP contribution in [0.3, 0.4) is 0 Å². The number of nitrogens with zero attached hydrogens (tertiary/aromatic N) is 1. The number of hydrogen-bond acceptors (Lipinski definition) is 3. The molecule has 0 aliphatic carbocycles. The largest absolute Gasteiger partial charge is 0.372 e. The molecule has 0 fully saturated rings. The van der Waals surface area contributed by atoms with Gasteiger partial charge < -0.3 is 15.5 Å². The standard InChI is InChI=1S/C21H29N3O/c1-4-24(5-2)19-11-12-20(17(3)15-19)23-21(25)13-14-22-16-18-9-7-6-8-10-18/h6-12,15,22H,4-5,13-14,16H2,1-3H3,(H,23,25). The Balaban J connectivity index is 1.80. The first-order valence-corrected chi connectivity index (χ1v) is 9.04. The molecular formula is C21H29N3O. The van der Waals surface area contributed by atoms with E-state index in [0.29, 0.717) is 13.0 Å². The third-order valence-corrected chi connectivity index (χ3v) is 4.31. The molecule has 4 heteroatoms. The van der Waals surface area contributed by atoms with Gasteiger partial charge in [0.2, 0.25) is 5.91 Å². The fraction of sp³-hybridized carbons (Fsp3) is 0.381. The Bertz CT molecular complexity index is 666.